The van der Waals surface area contributed by atoms with Crippen LogP contribution in [0.2, 0.25) is 0 Å². The van der Waals surface area contributed by atoms with Crippen LogP contribution >= 0.6 is 0 Å². The van der Waals surface area contributed by atoms with Gasteiger partial charge < -0.3 is 15.1 Å². The molecule has 1 aromatic carbocycles. The first-order valence-electron chi connectivity index (χ1n) is 9.34. The van der Waals surface area contributed by atoms with Gasteiger partial charge in [0.2, 0.25) is 5.91 Å². The van der Waals surface area contributed by atoms with E-state index < -0.39 is 0 Å². The highest BCUT2D eigenvalue weighted by Crippen LogP contribution is 2.27. The van der Waals surface area contributed by atoms with E-state index in [0.717, 1.165) is 61.0 Å². The lowest BCUT2D eigenvalue weighted by molar-refractivity contribution is -0.115. The summed E-state index contributed by atoms with van der Waals surface area (Å²) in [5.41, 5.74) is 4.97. The molecule has 140 valence electrons. The number of likely N-dealkylation sites (N-methyl/N-ethyl adjacent to an activating group) is 1. The summed E-state index contributed by atoms with van der Waals surface area (Å²) in [6.45, 7) is 11.4. The van der Waals surface area contributed by atoms with Gasteiger partial charge in [0.25, 0.3) is 0 Å². The lowest BCUT2D eigenvalue weighted by atomic mass is 10.1. The van der Waals surface area contributed by atoms with E-state index in [9.17, 15) is 4.79 Å². The topological polar surface area (TPSA) is 53.4 Å². The zero-order chi connectivity index (χ0) is 18.7. The smallest absolute Gasteiger partial charge is 0.228 e. The Hall–Kier alpha value is -2.34. The van der Waals surface area contributed by atoms with Crippen molar-refractivity contribution in [2.45, 2.75) is 27.2 Å². The molecular weight excluding hydrogens is 326 g/mol. The first kappa shape index (κ1) is 18.5. The minimum Gasteiger partial charge on any atom is -0.367 e. The first-order chi connectivity index (χ1) is 12.5. The highest BCUT2D eigenvalue weighted by atomic mass is 16.1. The van der Waals surface area contributed by atoms with Gasteiger partial charge in [0.1, 0.15) is 0 Å². The summed E-state index contributed by atoms with van der Waals surface area (Å²) < 4.78 is 1.83. The van der Waals surface area contributed by atoms with E-state index in [0.29, 0.717) is 6.42 Å². The quantitative estimate of drug-likeness (QED) is 0.895. The average Bonchev–Trinajstić information content (AvgIpc) is 2.88. The molecule has 0 unspecified atom stereocenters. The van der Waals surface area contributed by atoms with Crippen molar-refractivity contribution in [2.75, 3.05) is 42.9 Å². The number of rotatable bonds is 5. The molecule has 1 saturated heterocycles. The monoisotopic (exact) mass is 355 g/mol. The number of carbonyl (C=O) groups is 1. The maximum atomic E-state index is 12.7. The van der Waals surface area contributed by atoms with Crippen LogP contribution < -0.4 is 10.2 Å². The second-order valence-corrected chi connectivity index (χ2v) is 6.94. The fourth-order valence-electron chi connectivity index (χ4n) is 3.59. The van der Waals surface area contributed by atoms with Crippen molar-refractivity contribution in [1.82, 2.24) is 14.7 Å². The summed E-state index contributed by atoms with van der Waals surface area (Å²) in [4.78, 5) is 17.5. The third-order valence-electron chi connectivity index (χ3n) is 5.33. The molecule has 3 rings (SSSR count). The molecule has 1 aliphatic rings. The van der Waals surface area contributed by atoms with Gasteiger partial charge in [-0.05, 0) is 32.5 Å². The molecule has 1 fully saturated rings. The number of piperazine rings is 1. The Kier molecular flexibility index (Phi) is 5.61. The largest absolute Gasteiger partial charge is 0.367 e. The van der Waals surface area contributed by atoms with Crippen molar-refractivity contribution in [1.29, 1.82) is 0 Å². The lowest BCUT2D eigenvalue weighted by Gasteiger charge is -2.36. The van der Waals surface area contributed by atoms with Crippen LogP contribution in [0.15, 0.2) is 24.3 Å². The summed E-state index contributed by atoms with van der Waals surface area (Å²) in [5.74, 6) is 0.00356. The minimum absolute atomic E-state index is 0.00356. The molecule has 6 heteroatoms. The van der Waals surface area contributed by atoms with Gasteiger partial charge in [-0.2, -0.15) is 5.10 Å². The molecule has 1 aromatic heterocycles. The molecule has 26 heavy (non-hydrogen) atoms. The standard InChI is InChI=1S/C20H29N5O/c1-5-24-10-12-25(13-11-24)19-9-7-6-8-18(19)21-20(26)14-17-15(2)22-23(4)16(17)3/h6-9H,5,10-14H2,1-4H3,(H,21,26). The molecule has 2 aromatic rings. The van der Waals surface area contributed by atoms with Gasteiger partial charge in [-0.15, -0.1) is 0 Å². The predicted octanol–water partition coefficient (Wildman–Crippen LogP) is 2.36. The van der Waals surface area contributed by atoms with Crippen molar-refractivity contribution >= 4 is 17.3 Å². The zero-order valence-electron chi connectivity index (χ0n) is 16.2. The summed E-state index contributed by atoms with van der Waals surface area (Å²) in [5, 5.41) is 7.51. The minimum atomic E-state index is 0.00356. The van der Waals surface area contributed by atoms with Gasteiger partial charge in [-0.25, -0.2) is 0 Å². The molecule has 0 aliphatic carbocycles. The summed E-state index contributed by atoms with van der Waals surface area (Å²) in [6, 6.07) is 8.09. The fraction of sp³-hybridized carbons (Fsp3) is 0.500. The van der Waals surface area contributed by atoms with Crippen molar-refractivity contribution in [3.63, 3.8) is 0 Å². The number of para-hydroxylation sites is 2. The Bertz CT molecular complexity index is 775. The molecule has 0 spiro atoms. The van der Waals surface area contributed by atoms with E-state index >= 15 is 0 Å². The number of aryl methyl sites for hydroxylation is 2. The Morgan fingerprint density at radius 1 is 1.15 bits per heavy atom. The van der Waals surface area contributed by atoms with E-state index in [2.05, 4.69) is 33.2 Å². The van der Waals surface area contributed by atoms with Gasteiger partial charge in [0.15, 0.2) is 0 Å². The highest BCUT2D eigenvalue weighted by molar-refractivity contribution is 5.95. The van der Waals surface area contributed by atoms with E-state index in [1.165, 1.54) is 0 Å². The predicted molar refractivity (Wildman–Crippen MR) is 106 cm³/mol. The number of amides is 1. The fourth-order valence-corrected chi connectivity index (χ4v) is 3.59. The van der Waals surface area contributed by atoms with Crippen LogP contribution in [0.3, 0.4) is 0 Å². The molecule has 2 heterocycles. The third-order valence-corrected chi connectivity index (χ3v) is 5.33. The Labute approximate surface area is 155 Å². The Morgan fingerprint density at radius 2 is 1.85 bits per heavy atom. The number of benzene rings is 1. The Balaban J connectivity index is 1.71. The van der Waals surface area contributed by atoms with Gasteiger partial charge in [0.05, 0.1) is 23.5 Å². The normalized spacial score (nSPS) is 15.3. The maximum Gasteiger partial charge on any atom is 0.228 e. The molecule has 0 saturated carbocycles. The molecule has 0 atom stereocenters. The van der Waals surface area contributed by atoms with E-state index in [1.807, 2.05) is 43.8 Å². The Morgan fingerprint density at radius 3 is 2.46 bits per heavy atom. The second-order valence-electron chi connectivity index (χ2n) is 6.94. The van der Waals surface area contributed by atoms with Crippen LogP contribution in [-0.4, -0.2) is 53.3 Å². The highest BCUT2D eigenvalue weighted by Gasteiger charge is 2.19. The summed E-state index contributed by atoms with van der Waals surface area (Å²) >= 11 is 0. The molecule has 0 bridgehead atoms. The van der Waals surface area contributed by atoms with Crippen molar-refractivity contribution < 1.29 is 4.79 Å². The van der Waals surface area contributed by atoms with Crippen molar-refractivity contribution in [3.8, 4) is 0 Å². The first-order valence-corrected chi connectivity index (χ1v) is 9.34. The zero-order valence-corrected chi connectivity index (χ0v) is 16.2. The number of nitrogens with zero attached hydrogens (tertiary/aromatic N) is 4. The van der Waals surface area contributed by atoms with Crippen LogP contribution in [0.25, 0.3) is 0 Å². The number of anilines is 2. The molecule has 1 N–H and O–H groups in total. The van der Waals surface area contributed by atoms with Crippen LogP contribution in [-0.2, 0) is 18.3 Å². The van der Waals surface area contributed by atoms with Crippen LogP contribution in [0.1, 0.15) is 23.9 Å². The number of aromatic nitrogens is 2. The number of carbonyl (C=O) groups excluding carboxylic acids is 1. The number of hydrogen-bond acceptors (Lipinski definition) is 4. The van der Waals surface area contributed by atoms with Gasteiger partial charge in [-0.3, -0.25) is 9.48 Å². The van der Waals surface area contributed by atoms with E-state index in [1.54, 1.807) is 0 Å². The second kappa shape index (κ2) is 7.91. The van der Waals surface area contributed by atoms with Crippen LogP contribution in [0.4, 0.5) is 11.4 Å². The molecule has 6 nitrogen and oxygen atoms in total. The molecule has 1 aliphatic heterocycles. The summed E-state index contributed by atoms with van der Waals surface area (Å²) in [6.07, 6.45) is 0.351. The number of nitrogens with one attached hydrogen (secondary N) is 1. The van der Waals surface area contributed by atoms with Gasteiger partial charge in [-0.1, -0.05) is 19.1 Å². The number of hydrogen-bond donors (Lipinski definition) is 1. The van der Waals surface area contributed by atoms with Crippen molar-refractivity contribution in [3.05, 3.63) is 41.2 Å². The lowest BCUT2D eigenvalue weighted by Crippen LogP contribution is -2.46. The maximum absolute atomic E-state index is 12.7. The van der Waals surface area contributed by atoms with E-state index in [4.69, 9.17) is 0 Å². The summed E-state index contributed by atoms with van der Waals surface area (Å²) in [7, 11) is 1.91. The average molecular weight is 355 g/mol. The van der Waals surface area contributed by atoms with Crippen LogP contribution in [0.5, 0.6) is 0 Å². The SMILES string of the molecule is CCN1CCN(c2ccccc2NC(=O)Cc2c(C)nn(C)c2C)CC1. The van der Waals surface area contributed by atoms with Crippen LogP contribution in [0, 0.1) is 13.8 Å². The van der Waals surface area contributed by atoms with E-state index in [-0.39, 0.29) is 5.91 Å². The molecule has 0 radical (unpaired) electrons. The third kappa shape index (κ3) is 3.90. The molecular formula is C20H29N5O. The van der Waals surface area contributed by atoms with Gasteiger partial charge in [0, 0.05) is 44.5 Å². The van der Waals surface area contributed by atoms with Crippen molar-refractivity contribution in [2.24, 2.45) is 7.05 Å². The van der Waals surface area contributed by atoms with Gasteiger partial charge >= 0.3 is 0 Å². The molecule has 1 amide bonds.